The lowest BCUT2D eigenvalue weighted by Crippen LogP contribution is -2.00. The lowest BCUT2D eigenvalue weighted by Gasteiger charge is -1.77. The fraction of sp³-hybridized carbons (Fsp3) is 0.750. The first kappa shape index (κ1) is 5.47. The molecule has 6 heavy (non-hydrogen) atoms. The van der Waals surface area contributed by atoms with Crippen LogP contribution >= 0.6 is 0 Å². The quantitative estimate of drug-likeness (QED) is 0.187. The van der Waals surface area contributed by atoms with Crippen LogP contribution in [-0.4, -0.2) is 6.29 Å². The minimum atomic E-state index is 0.238. The predicted octanol–water partition coefficient (Wildman–Crippen LogP) is -0.348. The molecule has 0 N–H and O–H groups in total. The molecular formula is C4H8O2. The summed E-state index contributed by atoms with van der Waals surface area (Å²) in [5.74, 6) is 0.238. The van der Waals surface area contributed by atoms with E-state index in [9.17, 15) is 5.26 Å². The normalized spacial score (nSPS) is 11.2. The third kappa shape index (κ3) is 3.47. The van der Waals surface area contributed by atoms with Gasteiger partial charge < -0.3 is 5.26 Å². The molecule has 0 atom stereocenters. The average molecular weight is 88.1 g/mol. The van der Waals surface area contributed by atoms with Crippen molar-refractivity contribution in [2.24, 2.45) is 5.92 Å². The third-order valence-corrected chi connectivity index (χ3v) is 0.328. The molecule has 0 aromatic heterocycles. The largest absolute Gasteiger partial charge is 0.463 e. The first-order chi connectivity index (χ1) is 2.77. The number of hydrogen-bond donors (Lipinski definition) is 0. The molecule has 0 fully saturated rings. The van der Waals surface area contributed by atoms with Crippen molar-refractivity contribution in [1.29, 1.82) is 0 Å². The molecule has 0 unspecified atom stereocenters. The Labute approximate surface area is 37.0 Å². The molecule has 0 aliphatic heterocycles. The van der Waals surface area contributed by atoms with Gasteiger partial charge in [0.15, 0.2) is 0 Å². The second kappa shape index (κ2) is 2.69. The van der Waals surface area contributed by atoms with E-state index in [2.05, 4.69) is 4.58 Å². The van der Waals surface area contributed by atoms with E-state index in [4.69, 9.17) is 0 Å². The number of carbonyl (C=O) groups excluding carboxylic acids is 1. The summed E-state index contributed by atoms with van der Waals surface area (Å²) in [6.45, 7) is 3.75. The van der Waals surface area contributed by atoms with Gasteiger partial charge >= 0.3 is 6.29 Å². The second-order valence-electron chi connectivity index (χ2n) is 1.48. The standard InChI is InChI=1S/C4H8O2/c1-4(2)3-6-5/h3-4H,1-2H3. The van der Waals surface area contributed by atoms with Crippen molar-refractivity contribution < 1.29 is 9.83 Å². The first-order valence-corrected chi connectivity index (χ1v) is 1.89. The number of hydrogen-bond acceptors (Lipinski definition) is 1. The van der Waals surface area contributed by atoms with E-state index in [1.807, 2.05) is 13.8 Å². The molecular weight excluding hydrogens is 80.0 g/mol. The lowest BCUT2D eigenvalue weighted by molar-refractivity contribution is -1.04. The van der Waals surface area contributed by atoms with E-state index in [0.717, 1.165) is 0 Å². The van der Waals surface area contributed by atoms with Crippen molar-refractivity contribution in [2.75, 3.05) is 0 Å². The van der Waals surface area contributed by atoms with Crippen molar-refractivity contribution in [2.45, 2.75) is 13.8 Å². The topological polar surface area (TPSA) is 34.4 Å². The highest BCUT2D eigenvalue weighted by molar-refractivity contribution is 5.52. The zero-order valence-electron chi connectivity index (χ0n) is 3.97. The van der Waals surface area contributed by atoms with Gasteiger partial charge in [0.2, 0.25) is 0 Å². The van der Waals surface area contributed by atoms with Gasteiger partial charge in [0.1, 0.15) is 0 Å². The van der Waals surface area contributed by atoms with Gasteiger partial charge in [-0.15, -0.1) is 0 Å². The molecule has 0 heterocycles. The Kier molecular flexibility index (Phi) is 2.46. The summed E-state index contributed by atoms with van der Waals surface area (Å²) >= 11 is 0. The highest BCUT2D eigenvalue weighted by Gasteiger charge is 1.89. The molecule has 36 valence electrons. The highest BCUT2D eigenvalue weighted by Crippen LogP contribution is 1.79. The molecule has 0 spiro atoms. The minimum absolute atomic E-state index is 0.238. The van der Waals surface area contributed by atoms with Gasteiger partial charge in [0, 0.05) is 0 Å². The summed E-state index contributed by atoms with van der Waals surface area (Å²) in [6, 6.07) is 0. The SMILES string of the molecule is CC(C)C=[O+][O-]. The maximum Gasteiger partial charge on any atom is 0.320 e. The lowest BCUT2D eigenvalue weighted by atomic mass is 10.3. The maximum absolute atomic E-state index is 9.18. The van der Waals surface area contributed by atoms with Gasteiger partial charge in [-0.1, -0.05) is 13.8 Å². The Morgan fingerprint density at radius 3 is 2.17 bits per heavy atom. The Balaban J connectivity index is 3.03. The molecule has 2 heteroatoms. The van der Waals surface area contributed by atoms with Gasteiger partial charge in [0.05, 0.1) is 5.92 Å². The fourth-order valence-electron chi connectivity index (χ4n) is 0.111. The van der Waals surface area contributed by atoms with Crippen LogP contribution in [-0.2, 0) is 4.58 Å². The molecule has 0 amide bonds. The van der Waals surface area contributed by atoms with Crippen LogP contribution in [0, 0.1) is 5.92 Å². The van der Waals surface area contributed by atoms with Crippen molar-refractivity contribution in [3.8, 4) is 0 Å². The van der Waals surface area contributed by atoms with Crippen LogP contribution in [0.25, 0.3) is 0 Å². The van der Waals surface area contributed by atoms with Gasteiger partial charge in [-0.05, 0) is 0 Å². The molecule has 0 saturated heterocycles. The van der Waals surface area contributed by atoms with Crippen molar-refractivity contribution >= 4 is 6.29 Å². The van der Waals surface area contributed by atoms with Crippen molar-refractivity contribution in [3.63, 3.8) is 0 Å². The van der Waals surface area contributed by atoms with Crippen LogP contribution in [0.4, 0.5) is 0 Å². The zero-order chi connectivity index (χ0) is 4.99. The monoisotopic (exact) mass is 88.1 g/mol. The Morgan fingerprint density at radius 2 is 2.17 bits per heavy atom. The summed E-state index contributed by atoms with van der Waals surface area (Å²) in [7, 11) is 0. The van der Waals surface area contributed by atoms with E-state index in [1.54, 1.807) is 0 Å². The van der Waals surface area contributed by atoms with Crippen LogP contribution in [0.2, 0.25) is 0 Å². The summed E-state index contributed by atoms with van der Waals surface area (Å²) < 4.78 is 3.43. The van der Waals surface area contributed by atoms with Crippen LogP contribution in [0.3, 0.4) is 0 Å². The molecule has 0 aliphatic rings. The second-order valence-corrected chi connectivity index (χ2v) is 1.48. The van der Waals surface area contributed by atoms with Crippen LogP contribution in [0.1, 0.15) is 13.8 Å². The fourth-order valence-corrected chi connectivity index (χ4v) is 0.111. The predicted molar refractivity (Wildman–Crippen MR) is 20.9 cm³/mol. The maximum atomic E-state index is 9.18. The van der Waals surface area contributed by atoms with E-state index < -0.39 is 0 Å². The molecule has 0 radical (unpaired) electrons. The molecule has 0 bridgehead atoms. The molecule has 0 rings (SSSR count). The smallest absolute Gasteiger partial charge is 0.320 e. The van der Waals surface area contributed by atoms with Gasteiger partial charge in [-0.3, -0.25) is 0 Å². The molecule has 0 aromatic rings. The molecule has 0 aromatic carbocycles. The molecule has 2 nitrogen and oxygen atoms in total. The van der Waals surface area contributed by atoms with Gasteiger partial charge in [0.25, 0.3) is 0 Å². The minimum Gasteiger partial charge on any atom is -0.463 e. The average Bonchev–Trinajstić information content (AvgIpc) is 1.35. The molecule has 0 saturated carbocycles. The Morgan fingerprint density at radius 1 is 1.67 bits per heavy atom. The number of rotatable bonds is 1. The van der Waals surface area contributed by atoms with Crippen LogP contribution in [0.15, 0.2) is 0 Å². The van der Waals surface area contributed by atoms with Crippen molar-refractivity contribution in [3.05, 3.63) is 0 Å². The zero-order valence-corrected chi connectivity index (χ0v) is 3.97. The summed E-state index contributed by atoms with van der Waals surface area (Å²) in [5, 5.41) is 9.18. The van der Waals surface area contributed by atoms with E-state index in [1.165, 1.54) is 6.29 Å². The number of aldehydes is 1. The van der Waals surface area contributed by atoms with E-state index in [-0.39, 0.29) is 5.92 Å². The van der Waals surface area contributed by atoms with Crippen molar-refractivity contribution in [1.82, 2.24) is 0 Å². The van der Waals surface area contributed by atoms with Crippen LogP contribution in [0.5, 0.6) is 0 Å². The summed E-state index contributed by atoms with van der Waals surface area (Å²) in [6.07, 6.45) is 1.24. The first-order valence-electron chi connectivity index (χ1n) is 1.89. The van der Waals surface area contributed by atoms with Gasteiger partial charge in [-0.25, -0.2) is 0 Å². The van der Waals surface area contributed by atoms with Gasteiger partial charge in [-0.2, -0.15) is 4.58 Å². The summed E-state index contributed by atoms with van der Waals surface area (Å²) in [5.41, 5.74) is 0. The Bertz CT molecular complexity index is 47.5. The third-order valence-electron chi connectivity index (χ3n) is 0.328. The summed E-state index contributed by atoms with van der Waals surface area (Å²) in [4.78, 5) is 0. The van der Waals surface area contributed by atoms with E-state index >= 15 is 0 Å². The Hall–Kier alpha value is -0.530. The highest BCUT2D eigenvalue weighted by atomic mass is 17.1. The van der Waals surface area contributed by atoms with Crippen LogP contribution < -0.4 is 5.26 Å². The van der Waals surface area contributed by atoms with E-state index in [0.29, 0.717) is 0 Å². The molecule has 0 aliphatic carbocycles.